The molecule has 0 spiro atoms. The molecule has 0 aromatic heterocycles. The normalized spacial score (nSPS) is 13.2. The molecule has 0 bridgehead atoms. The largest absolute Gasteiger partial charge is 0.493 e. The minimum atomic E-state index is -2.15. The molecule has 2 aliphatic heterocycles. The summed E-state index contributed by atoms with van der Waals surface area (Å²) in [5.41, 5.74) is 4.50. The SMILES string of the molecule is O=C(C(F)N(Cc1cccc2c1OCC2)c1ccccc1Oc1ccccc1)N(Cc1cccc2c1OCC2)c1ccccc1Oc1ccccc1. The van der Waals surface area contributed by atoms with E-state index >= 15 is 9.18 Å². The van der Waals surface area contributed by atoms with E-state index in [1.54, 1.807) is 24.3 Å². The van der Waals surface area contributed by atoms with Gasteiger partial charge in [-0.25, -0.2) is 4.39 Å². The lowest BCUT2D eigenvalue weighted by Crippen LogP contribution is -2.46. The second kappa shape index (κ2) is 14.9. The number of hydrogen-bond acceptors (Lipinski definition) is 6. The Hall–Kier alpha value is -6.28. The minimum absolute atomic E-state index is 0.0467. The number of alkyl halides is 1. The smallest absolute Gasteiger partial charge is 0.282 e. The van der Waals surface area contributed by atoms with E-state index in [2.05, 4.69) is 0 Å². The van der Waals surface area contributed by atoms with Crippen LogP contribution in [0.25, 0.3) is 0 Å². The predicted octanol–water partition coefficient (Wildman–Crippen LogP) is 9.68. The number of anilines is 2. The number of amides is 1. The monoisotopic (exact) mass is 692 g/mol. The summed E-state index contributed by atoms with van der Waals surface area (Å²) in [6.07, 6.45) is -0.615. The van der Waals surface area contributed by atoms with Crippen LogP contribution in [0, 0.1) is 0 Å². The van der Waals surface area contributed by atoms with Gasteiger partial charge in [-0.05, 0) is 59.7 Å². The Morgan fingerprint density at radius 2 is 1.06 bits per heavy atom. The topological polar surface area (TPSA) is 60.5 Å². The number of para-hydroxylation sites is 8. The number of halogens is 1. The number of carbonyl (C=O) groups is 1. The maximum Gasteiger partial charge on any atom is 0.282 e. The van der Waals surface area contributed by atoms with E-state index in [0.717, 1.165) is 46.6 Å². The summed E-state index contributed by atoms with van der Waals surface area (Å²) in [4.78, 5) is 17.9. The Labute approximate surface area is 302 Å². The highest BCUT2D eigenvalue weighted by Gasteiger charge is 2.35. The number of ether oxygens (including phenoxy) is 4. The van der Waals surface area contributed by atoms with Crippen molar-refractivity contribution in [1.82, 2.24) is 0 Å². The molecular weight excluding hydrogens is 655 g/mol. The van der Waals surface area contributed by atoms with Crippen molar-refractivity contribution in [3.63, 3.8) is 0 Å². The number of hydrogen-bond donors (Lipinski definition) is 0. The van der Waals surface area contributed by atoms with Crippen molar-refractivity contribution in [3.05, 3.63) is 168 Å². The lowest BCUT2D eigenvalue weighted by Gasteiger charge is -2.33. The standard InChI is InChI=1S/C44H37FN2O5/c45-43(46(29-33-15-11-13-31-25-27-49-41(31)33)37-21-7-9-23-39(37)51-35-17-3-1-4-18-35)44(48)47(30-34-16-12-14-32-26-28-50-42(32)34)38-22-8-10-24-40(38)52-36-19-5-2-6-20-36/h1-24,43H,25-30H2. The Morgan fingerprint density at radius 3 is 1.63 bits per heavy atom. The van der Waals surface area contributed by atoms with Crippen molar-refractivity contribution in [1.29, 1.82) is 0 Å². The molecule has 7 nitrogen and oxygen atoms in total. The third kappa shape index (κ3) is 6.88. The Kier molecular flexibility index (Phi) is 9.43. The molecule has 2 heterocycles. The Balaban J connectivity index is 1.22. The van der Waals surface area contributed by atoms with Crippen LogP contribution in [0.2, 0.25) is 0 Å². The molecule has 0 saturated carbocycles. The van der Waals surface area contributed by atoms with Crippen molar-refractivity contribution in [3.8, 4) is 34.5 Å². The van der Waals surface area contributed by atoms with E-state index in [4.69, 9.17) is 18.9 Å². The van der Waals surface area contributed by atoms with Crippen molar-refractivity contribution in [2.45, 2.75) is 32.2 Å². The van der Waals surface area contributed by atoms with Gasteiger partial charge in [-0.2, -0.15) is 0 Å². The van der Waals surface area contributed by atoms with Gasteiger partial charge in [0.2, 0.25) is 0 Å². The van der Waals surface area contributed by atoms with E-state index in [9.17, 15) is 0 Å². The van der Waals surface area contributed by atoms with Gasteiger partial charge < -0.3 is 28.7 Å². The highest BCUT2D eigenvalue weighted by atomic mass is 19.1. The second-order valence-electron chi connectivity index (χ2n) is 12.7. The van der Waals surface area contributed by atoms with Crippen molar-refractivity contribution < 1.29 is 28.1 Å². The highest BCUT2D eigenvalue weighted by Crippen LogP contribution is 2.40. The van der Waals surface area contributed by atoms with Crippen molar-refractivity contribution in [2.24, 2.45) is 0 Å². The molecule has 8 rings (SSSR count). The van der Waals surface area contributed by atoms with Gasteiger partial charge in [0.1, 0.15) is 23.0 Å². The van der Waals surface area contributed by atoms with Crippen LogP contribution in [0.15, 0.2) is 146 Å². The molecule has 0 saturated heterocycles. The second-order valence-corrected chi connectivity index (χ2v) is 12.7. The molecule has 6 aromatic rings. The first-order chi connectivity index (χ1) is 25.6. The van der Waals surface area contributed by atoms with Crippen molar-refractivity contribution >= 4 is 17.3 Å². The van der Waals surface area contributed by atoms with Gasteiger partial charge in [0.05, 0.1) is 37.7 Å². The number of rotatable bonds is 12. The number of carbonyl (C=O) groups excluding carboxylic acids is 1. The van der Waals surface area contributed by atoms with Gasteiger partial charge in [-0.1, -0.05) is 97.1 Å². The molecule has 1 amide bonds. The van der Waals surface area contributed by atoms with Crippen LogP contribution in [0.3, 0.4) is 0 Å². The summed E-state index contributed by atoms with van der Waals surface area (Å²) >= 11 is 0. The lowest BCUT2D eigenvalue weighted by molar-refractivity contribution is -0.123. The van der Waals surface area contributed by atoms with Crippen LogP contribution in [0.1, 0.15) is 22.3 Å². The van der Waals surface area contributed by atoms with Crippen LogP contribution in [-0.4, -0.2) is 25.4 Å². The van der Waals surface area contributed by atoms with Gasteiger partial charge in [0, 0.05) is 24.0 Å². The average Bonchev–Trinajstić information content (AvgIpc) is 3.88. The summed E-state index contributed by atoms with van der Waals surface area (Å²) < 4.78 is 42.5. The van der Waals surface area contributed by atoms with E-state index in [0.29, 0.717) is 47.6 Å². The molecular formula is C44H37FN2O5. The maximum absolute atomic E-state index is 17.7. The summed E-state index contributed by atoms with van der Waals surface area (Å²) in [5, 5.41) is 0. The molecule has 6 aromatic carbocycles. The zero-order valence-corrected chi connectivity index (χ0v) is 28.5. The van der Waals surface area contributed by atoms with Crippen LogP contribution < -0.4 is 28.7 Å². The van der Waals surface area contributed by atoms with Crippen LogP contribution in [0.4, 0.5) is 15.8 Å². The molecule has 2 aliphatic rings. The minimum Gasteiger partial charge on any atom is -0.493 e. The fourth-order valence-corrected chi connectivity index (χ4v) is 6.78. The molecule has 0 N–H and O–H groups in total. The third-order valence-corrected chi connectivity index (χ3v) is 9.28. The average molecular weight is 693 g/mol. The first-order valence-electron chi connectivity index (χ1n) is 17.5. The van der Waals surface area contributed by atoms with Gasteiger partial charge >= 0.3 is 0 Å². The zero-order valence-electron chi connectivity index (χ0n) is 28.5. The maximum atomic E-state index is 17.7. The summed E-state index contributed by atoms with van der Waals surface area (Å²) in [6.45, 7) is 1.20. The molecule has 1 atom stereocenters. The molecule has 8 heteroatoms. The van der Waals surface area contributed by atoms with Gasteiger partial charge in [-0.15, -0.1) is 0 Å². The van der Waals surface area contributed by atoms with E-state index in [1.165, 1.54) is 9.80 Å². The molecule has 0 radical (unpaired) electrons. The molecule has 0 fully saturated rings. The van der Waals surface area contributed by atoms with E-state index in [-0.39, 0.29) is 13.1 Å². The molecule has 260 valence electrons. The van der Waals surface area contributed by atoms with Crippen LogP contribution >= 0.6 is 0 Å². The van der Waals surface area contributed by atoms with E-state index < -0.39 is 12.2 Å². The predicted molar refractivity (Wildman–Crippen MR) is 199 cm³/mol. The summed E-state index contributed by atoms with van der Waals surface area (Å²) in [5.74, 6) is 2.68. The van der Waals surface area contributed by atoms with Gasteiger partial charge in [-0.3, -0.25) is 4.79 Å². The number of nitrogens with zero attached hydrogens (tertiary/aromatic N) is 2. The van der Waals surface area contributed by atoms with Crippen molar-refractivity contribution in [2.75, 3.05) is 23.0 Å². The van der Waals surface area contributed by atoms with Gasteiger partial charge in [0.25, 0.3) is 12.2 Å². The Morgan fingerprint density at radius 1 is 0.577 bits per heavy atom. The lowest BCUT2D eigenvalue weighted by atomic mass is 10.1. The molecule has 0 aliphatic carbocycles. The molecule has 1 unspecified atom stereocenters. The fourth-order valence-electron chi connectivity index (χ4n) is 6.78. The molecule has 52 heavy (non-hydrogen) atoms. The fraction of sp³-hybridized carbons (Fsp3) is 0.159. The highest BCUT2D eigenvalue weighted by molar-refractivity contribution is 5.99. The summed E-state index contributed by atoms with van der Waals surface area (Å²) in [6, 6.07) is 44.8. The number of benzene rings is 6. The first kappa shape index (κ1) is 32.9. The van der Waals surface area contributed by atoms with Gasteiger partial charge in [0.15, 0.2) is 11.5 Å². The summed E-state index contributed by atoms with van der Waals surface area (Å²) in [7, 11) is 0. The third-order valence-electron chi connectivity index (χ3n) is 9.28. The van der Waals surface area contributed by atoms with E-state index in [1.807, 2.05) is 121 Å². The number of fused-ring (bicyclic) bond motifs is 2. The quantitative estimate of drug-likeness (QED) is 0.119. The van der Waals surface area contributed by atoms with Crippen LogP contribution in [0.5, 0.6) is 34.5 Å². The Bertz CT molecular complexity index is 2180. The zero-order chi connectivity index (χ0) is 35.3. The van der Waals surface area contributed by atoms with Crippen LogP contribution in [-0.2, 0) is 30.7 Å². The first-order valence-corrected chi connectivity index (χ1v) is 17.5.